The van der Waals surface area contributed by atoms with E-state index in [0.29, 0.717) is 5.75 Å². The second-order valence-electron chi connectivity index (χ2n) is 3.71. The van der Waals surface area contributed by atoms with Crippen molar-refractivity contribution in [3.05, 3.63) is 48.9 Å². The van der Waals surface area contributed by atoms with Crippen molar-refractivity contribution in [1.29, 1.82) is 0 Å². The largest absolute Gasteiger partial charge is 0.434 e. The van der Waals surface area contributed by atoms with Crippen LogP contribution in [0.3, 0.4) is 0 Å². The normalized spacial score (nSPS) is 10.4. The highest BCUT2D eigenvalue weighted by molar-refractivity contribution is 5.79. The van der Waals surface area contributed by atoms with Gasteiger partial charge in [0, 0.05) is 17.8 Å². The molecule has 0 saturated heterocycles. The van der Waals surface area contributed by atoms with E-state index in [1.165, 1.54) is 12.4 Å². The van der Waals surface area contributed by atoms with Crippen molar-refractivity contribution in [2.24, 2.45) is 0 Å². The molecule has 0 aliphatic heterocycles. The molecule has 2 aromatic heterocycles. The minimum Gasteiger partial charge on any atom is -0.434 e. The summed E-state index contributed by atoms with van der Waals surface area (Å²) in [5, 5.41) is 0.998. The Kier molecular flexibility index (Phi) is 2.49. The third-order valence-electron chi connectivity index (χ3n) is 2.47. The van der Waals surface area contributed by atoms with Crippen LogP contribution in [0, 0.1) is 0 Å². The van der Waals surface area contributed by atoms with Crippen LogP contribution >= 0.6 is 0 Å². The summed E-state index contributed by atoms with van der Waals surface area (Å²) in [6, 6.07) is 9.68. The second kappa shape index (κ2) is 4.29. The van der Waals surface area contributed by atoms with Crippen molar-refractivity contribution in [1.82, 2.24) is 15.0 Å². The van der Waals surface area contributed by atoms with E-state index in [-0.39, 0.29) is 11.7 Å². The zero-order valence-corrected chi connectivity index (χ0v) is 9.45. The maximum atomic E-state index is 5.66. The molecule has 0 spiro atoms. The Morgan fingerprint density at radius 1 is 1.00 bits per heavy atom. The number of benzene rings is 1. The molecule has 0 radical (unpaired) electrons. The lowest BCUT2D eigenvalue weighted by atomic mass is 10.2. The number of ether oxygens (including phenoxy) is 1. The van der Waals surface area contributed by atoms with Gasteiger partial charge in [-0.25, -0.2) is 9.97 Å². The maximum Gasteiger partial charge on any atom is 0.262 e. The number of hydrogen-bond donors (Lipinski definition) is 1. The Labute approximate surface area is 103 Å². The molecule has 0 aliphatic rings. The van der Waals surface area contributed by atoms with Crippen molar-refractivity contribution in [2.45, 2.75) is 0 Å². The first-order chi connectivity index (χ1) is 8.83. The smallest absolute Gasteiger partial charge is 0.262 e. The maximum absolute atomic E-state index is 5.66. The third-order valence-corrected chi connectivity index (χ3v) is 2.47. The van der Waals surface area contributed by atoms with Gasteiger partial charge in [-0.1, -0.05) is 18.2 Å². The number of rotatable bonds is 2. The van der Waals surface area contributed by atoms with E-state index in [4.69, 9.17) is 10.5 Å². The van der Waals surface area contributed by atoms with Crippen molar-refractivity contribution in [3.63, 3.8) is 0 Å². The van der Waals surface area contributed by atoms with Crippen LogP contribution in [0.4, 0.5) is 5.82 Å². The van der Waals surface area contributed by atoms with Crippen LogP contribution in [0.2, 0.25) is 0 Å². The molecule has 0 bridgehead atoms. The van der Waals surface area contributed by atoms with Gasteiger partial charge in [0.05, 0.1) is 11.7 Å². The van der Waals surface area contributed by atoms with Gasteiger partial charge in [0.1, 0.15) is 5.75 Å². The van der Waals surface area contributed by atoms with Crippen LogP contribution in [0.5, 0.6) is 11.6 Å². The van der Waals surface area contributed by atoms with Crippen LogP contribution in [-0.4, -0.2) is 15.0 Å². The van der Waals surface area contributed by atoms with Crippen LogP contribution in [0.25, 0.3) is 10.9 Å². The predicted molar refractivity (Wildman–Crippen MR) is 68.3 cm³/mol. The summed E-state index contributed by atoms with van der Waals surface area (Å²) in [5.74, 6) is 1.13. The van der Waals surface area contributed by atoms with Gasteiger partial charge < -0.3 is 10.5 Å². The summed E-state index contributed by atoms with van der Waals surface area (Å²) < 4.78 is 5.56. The van der Waals surface area contributed by atoms with Gasteiger partial charge in [0.15, 0.2) is 5.82 Å². The van der Waals surface area contributed by atoms with Gasteiger partial charge in [-0.2, -0.15) is 0 Å². The Morgan fingerprint density at radius 3 is 2.72 bits per heavy atom. The van der Waals surface area contributed by atoms with Gasteiger partial charge in [0.25, 0.3) is 5.88 Å². The standard InChI is InChI=1S/C13H10N4O/c14-12-13(16-6-5-15-12)18-10-7-9-3-1-2-4-11(9)17-8-10/h1-8H,(H2,14,15). The van der Waals surface area contributed by atoms with Gasteiger partial charge in [0.2, 0.25) is 0 Å². The molecule has 0 unspecified atom stereocenters. The van der Waals surface area contributed by atoms with Crippen molar-refractivity contribution in [3.8, 4) is 11.6 Å². The SMILES string of the molecule is Nc1nccnc1Oc1cnc2ccccc2c1. The number of pyridine rings is 1. The number of aromatic nitrogens is 3. The van der Waals surface area contributed by atoms with Crippen molar-refractivity contribution >= 4 is 16.7 Å². The molecular formula is C13H10N4O. The highest BCUT2D eigenvalue weighted by Crippen LogP contribution is 2.24. The monoisotopic (exact) mass is 238 g/mol. The fourth-order valence-corrected chi connectivity index (χ4v) is 1.63. The molecule has 2 N–H and O–H groups in total. The zero-order valence-electron chi connectivity index (χ0n) is 9.45. The minimum absolute atomic E-state index is 0.255. The number of anilines is 1. The summed E-state index contributed by atoms with van der Waals surface area (Å²) in [6.07, 6.45) is 4.68. The number of nitrogen functional groups attached to an aromatic ring is 1. The molecule has 0 atom stereocenters. The van der Waals surface area contributed by atoms with E-state index >= 15 is 0 Å². The molecule has 0 aliphatic carbocycles. The van der Waals surface area contributed by atoms with E-state index in [1.807, 2.05) is 30.3 Å². The summed E-state index contributed by atoms with van der Waals surface area (Å²) in [7, 11) is 0. The topological polar surface area (TPSA) is 73.9 Å². The zero-order chi connectivity index (χ0) is 12.4. The fraction of sp³-hybridized carbons (Fsp3) is 0. The molecule has 5 heteroatoms. The van der Waals surface area contributed by atoms with E-state index < -0.39 is 0 Å². The molecule has 2 heterocycles. The number of nitrogens with two attached hydrogens (primary N) is 1. The Bertz CT molecular complexity index is 699. The molecule has 0 amide bonds. The molecule has 5 nitrogen and oxygen atoms in total. The summed E-state index contributed by atoms with van der Waals surface area (Å²) >= 11 is 0. The van der Waals surface area contributed by atoms with Crippen LogP contribution in [-0.2, 0) is 0 Å². The van der Waals surface area contributed by atoms with Crippen molar-refractivity contribution in [2.75, 3.05) is 5.73 Å². The predicted octanol–water partition coefficient (Wildman–Crippen LogP) is 2.40. The average Bonchev–Trinajstić information content (AvgIpc) is 2.41. The average molecular weight is 238 g/mol. The lowest BCUT2D eigenvalue weighted by Crippen LogP contribution is -1.97. The second-order valence-corrected chi connectivity index (χ2v) is 3.71. The summed E-state index contributed by atoms with van der Waals surface area (Å²) in [6.45, 7) is 0. The summed E-state index contributed by atoms with van der Waals surface area (Å²) in [4.78, 5) is 12.2. The minimum atomic E-state index is 0.255. The number of nitrogens with zero attached hydrogens (tertiary/aromatic N) is 3. The Balaban J connectivity index is 1.98. The molecule has 0 saturated carbocycles. The fourth-order valence-electron chi connectivity index (χ4n) is 1.63. The van der Waals surface area contributed by atoms with Gasteiger partial charge in [-0.05, 0) is 12.1 Å². The van der Waals surface area contributed by atoms with Gasteiger partial charge >= 0.3 is 0 Å². The molecule has 18 heavy (non-hydrogen) atoms. The first-order valence-corrected chi connectivity index (χ1v) is 5.42. The molecular weight excluding hydrogens is 228 g/mol. The lowest BCUT2D eigenvalue weighted by molar-refractivity contribution is 0.462. The van der Waals surface area contributed by atoms with E-state index in [1.54, 1.807) is 6.20 Å². The third kappa shape index (κ3) is 1.93. The molecule has 1 aromatic carbocycles. The van der Waals surface area contributed by atoms with E-state index in [0.717, 1.165) is 10.9 Å². The molecule has 88 valence electrons. The number of para-hydroxylation sites is 1. The van der Waals surface area contributed by atoms with Gasteiger partial charge in [-0.3, -0.25) is 4.98 Å². The molecule has 3 aromatic rings. The van der Waals surface area contributed by atoms with Crippen molar-refractivity contribution < 1.29 is 4.74 Å². The highest BCUT2D eigenvalue weighted by Gasteiger charge is 2.05. The number of hydrogen-bond acceptors (Lipinski definition) is 5. The molecule has 0 fully saturated rings. The van der Waals surface area contributed by atoms with E-state index in [2.05, 4.69) is 15.0 Å². The molecule has 3 rings (SSSR count). The van der Waals surface area contributed by atoms with Crippen LogP contribution < -0.4 is 10.5 Å². The number of fused-ring (bicyclic) bond motifs is 1. The Hall–Kier alpha value is -2.69. The first kappa shape index (κ1) is 10.5. The summed E-state index contributed by atoms with van der Waals surface area (Å²) in [5.41, 5.74) is 6.58. The quantitative estimate of drug-likeness (QED) is 0.742. The highest BCUT2D eigenvalue weighted by atomic mass is 16.5. The Morgan fingerprint density at radius 2 is 1.83 bits per heavy atom. The van der Waals surface area contributed by atoms with E-state index in [9.17, 15) is 0 Å². The first-order valence-electron chi connectivity index (χ1n) is 5.42. The van der Waals surface area contributed by atoms with Crippen LogP contribution in [0.1, 0.15) is 0 Å². The van der Waals surface area contributed by atoms with Crippen LogP contribution in [0.15, 0.2) is 48.9 Å². The van der Waals surface area contributed by atoms with Gasteiger partial charge in [-0.15, -0.1) is 0 Å². The lowest BCUT2D eigenvalue weighted by Gasteiger charge is -2.06.